The van der Waals surface area contributed by atoms with Gasteiger partial charge in [-0.2, -0.15) is 0 Å². The van der Waals surface area contributed by atoms with Crippen molar-refractivity contribution < 1.29 is 55.1 Å². The van der Waals surface area contributed by atoms with Crippen molar-refractivity contribution in [3.63, 3.8) is 0 Å². The van der Waals surface area contributed by atoms with E-state index in [9.17, 15) is 30.6 Å². The van der Waals surface area contributed by atoms with E-state index in [0.717, 1.165) is 0 Å². The molecule has 0 bridgehead atoms. The number of aliphatic hydroxyl groups excluding tert-OH is 8. The molecule has 9 atom stereocenters. The number of hydrogen-bond donors (Lipinski definition) is 8. The Hall–Kier alpha value is 1.59. The molecular formula is C12H26CaMgO11. The van der Waals surface area contributed by atoms with E-state index in [-0.39, 0.29) is 60.8 Å². The van der Waals surface area contributed by atoms with Gasteiger partial charge < -0.3 is 55.1 Å². The Morgan fingerprint density at radius 3 is 1.80 bits per heavy atom. The van der Waals surface area contributed by atoms with Gasteiger partial charge in [0, 0.05) is 0 Å². The summed E-state index contributed by atoms with van der Waals surface area (Å²) in [7, 11) is 0. The van der Waals surface area contributed by atoms with Gasteiger partial charge >= 0.3 is 60.8 Å². The number of rotatable bonds is 5. The van der Waals surface area contributed by atoms with Crippen molar-refractivity contribution in [1.29, 1.82) is 0 Å². The molecule has 144 valence electrons. The molecular weight excluding hydrogens is 385 g/mol. The molecule has 0 radical (unpaired) electrons. The second-order valence-corrected chi connectivity index (χ2v) is 5.56. The van der Waals surface area contributed by atoms with Gasteiger partial charge in [-0.15, -0.1) is 0 Å². The minimum absolute atomic E-state index is 0. The van der Waals surface area contributed by atoms with Gasteiger partial charge in [-0.05, 0) is 0 Å². The fourth-order valence-electron chi connectivity index (χ4n) is 2.63. The first-order valence-electron chi connectivity index (χ1n) is 7.05. The van der Waals surface area contributed by atoms with Gasteiger partial charge in [0.1, 0.15) is 49.3 Å². The fourth-order valence-corrected chi connectivity index (χ4v) is 2.63. The van der Waals surface area contributed by atoms with Crippen molar-refractivity contribution in [1.82, 2.24) is 0 Å². The van der Waals surface area contributed by atoms with Crippen LogP contribution in [-0.2, 0) is 14.2 Å². The normalized spacial score (nSPS) is 47.0. The van der Waals surface area contributed by atoms with Crippen molar-refractivity contribution >= 4 is 60.8 Å². The molecule has 2 saturated heterocycles. The Morgan fingerprint density at radius 1 is 0.800 bits per heavy atom. The zero-order valence-corrected chi connectivity index (χ0v) is 12.0. The molecule has 0 unspecified atom stereocenters. The predicted molar refractivity (Wildman–Crippen MR) is 85.7 cm³/mol. The van der Waals surface area contributed by atoms with Gasteiger partial charge in [-0.3, -0.25) is 0 Å². The quantitative estimate of drug-likeness (QED) is 0.201. The van der Waals surface area contributed by atoms with E-state index in [1.807, 2.05) is 0 Å². The molecule has 0 saturated carbocycles. The molecule has 13 heteroatoms. The zero-order valence-electron chi connectivity index (χ0n) is 12.0. The van der Waals surface area contributed by atoms with E-state index in [2.05, 4.69) is 0 Å². The van der Waals surface area contributed by atoms with E-state index >= 15 is 0 Å². The first kappa shape index (κ1) is 26.6. The minimum atomic E-state index is -2.22. The van der Waals surface area contributed by atoms with E-state index in [1.165, 1.54) is 0 Å². The Bertz CT molecular complexity index is 405. The summed E-state index contributed by atoms with van der Waals surface area (Å²) in [6.07, 6.45) is -12.7. The smallest absolute Gasteiger partial charge is 0.316 e. The number of aliphatic hydroxyl groups is 8. The maximum absolute atomic E-state index is 10.00. The van der Waals surface area contributed by atoms with E-state index in [0.29, 0.717) is 0 Å². The molecule has 0 aromatic heterocycles. The summed E-state index contributed by atoms with van der Waals surface area (Å²) in [5, 5.41) is 76.7. The Balaban J connectivity index is 0.00000288. The summed E-state index contributed by atoms with van der Waals surface area (Å²) in [5.74, 6) is -2.22. The van der Waals surface area contributed by atoms with Crippen LogP contribution in [0.15, 0.2) is 0 Å². The molecule has 0 aromatic rings. The van der Waals surface area contributed by atoms with Crippen LogP contribution < -0.4 is 0 Å². The molecule has 11 nitrogen and oxygen atoms in total. The predicted octanol–water partition coefficient (Wildman–Crippen LogP) is -7.23. The van der Waals surface area contributed by atoms with Gasteiger partial charge in [-0.25, -0.2) is 0 Å². The van der Waals surface area contributed by atoms with Gasteiger partial charge in [-0.1, -0.05) is 0 Å². The van der Waals surface area contributed by atoms with Crippen LogP contribution in [0.1, 0.15) is 0 Å². The maximum atomic E-state index is 10.00. The van der Waals surface area contributed by atoms with Crippen LogP contribution in [-0.4, -0.2) is 176 Å². The fraction of sp³-hybridized carbons (Fsp3) is 1.00. The van der Waals surface area contributed by atoms with E-state index < -0.39 is 74.6 Å². The zero-order chi connectivity index (χ0) is 17.4. The van der Waals surface area contributed by atoms with Crippen molar-refractivity contribution in [2.24, 2.45) is 0 Å². The molecule has 2 aliphatic heterocycles. The molecule has 25 heavy (non-hydrogen) atoms. The summed E-state index contributed by atoms with van der Waals surface area (Å²) in [4.78, 5) is 0. The summed E-state index contributed by atoms with van der Waals surface area (Å²) in [6, 6.07) is 0. The van der Waals surface area contributed by atoms with Crippen LogP contribution in [0.4, 0.5) is 0 Å². The first-order chi connectivity index (χ1) is 10.8. The van der Waals surface area contributed by atoms with Crippen molar-refractivity contribution in [3.05, 3.63) is 0 Å². The van der Waals surface area contributed by atoms with Crippen LogP contribution in [0.5, 0.6) is 0 Å². The average Bonchev–Trinajstić information content (AvgIpc) is 2.80. The summed E-state index contributed by atoms with van der Waals surface area (Å²) in [6.45, 7) is -2.32. The molecule has 8 N–H and O–H groups in total. The van der Waals surface area contributed by atoms with E-state index in [1.54, 1.807) is 0 Å². The molecule has 0 aromatic carbocycles. The van der Waals surface area contributed by atoms with Crippen LogP contribution in [0.2, 0.25) is 0 Å². The third-order valence-corrected chi connectivity index (χ3v) is 4.07. The Morgan fingerprint density at radius 2 is 1.36 bits per heavy atom. The largest absolute Gasteiger partial charge is 0.316 e. The number of hydrogen-bond acceptors (Lipinski definition) is 11. The first-order valence-corrected chi connectivity index (χ1v) is 7.05. The van der Waals surface area contributed by atoms with Crippen LogP contribution >= 0.6 is 0 Å². The topological polar surface area (TPSA) is 190 Å². The van der Waals surface area contributed by atoms with Crippen LogP contribution in [0, 0.1) is 0 Å². The number of ether oxygens (including phenoxy) is 3. The average molecular weight is 411 g/mol. The SMILES string of the molecule is OC[C@H]1O[C@@](CO)(O[C@H]2O[C@H](CO)[C@@H](O)[C@H](O)[C@H]2O)[C@@H](O)[C@@H]1O.[CaH2].[MgH2]. The second-order valence-electron chi connectivity index (χ2n) is 5.56. The summed E-state index contributed by atoms with van der Waals surface area (Å²) in [5.41, 5.74) is 0. The third-order valence-electron chi connectivity index (χ3n) is 4.07. The molecule has 2 rings (SSSR count). The molecule has 2 aliphatic rings. The van der Waals surface area contributed by atoms with E-state index in [4.69, 9.17) is 24.4 Å². The molecule has 2 fully saturated rings. The molecule has 0 aliphatic carbocycles. The molecule has 0 amide bonds. The second kappa shape index (κ2) is 10.9. The van der Waals surface area contributed by atoms with Crippen molar-refractivity contribution in [3.8, 4) is 0 Å². The Kier molecular flexibility index (Phi) is 11.6. The van der Waals surface area contributed by atoms with Crippen LogP contribution in [0.3, 0.4) is 0 Å². The molecule has 2 heterocycles. The van der Waals surface area contributed by atoms with Crippen molar-refractivity contribution in [2.45, 2.75) is 54.8 Å². The standard InChI is InChI=1S/C12H22O11.Ca.Mg.4H/c13-1-4-6(16)8(18)9(19)11(21-4)23-12(3-15)10(20)7(17)5(2-14)22-12;;;;;;/h4-11,13-20H,1-3H2;;;;;;/t4-,5-,6-,7-,8+,9-,10+,11-,12+;;;;;;/m1....../s1. The molecule has 0 spiro atoms. The van der Waals surface area contributed by atoms with Gasteiger partial charge in [0.05, 0.1) is 13.2 Å². The Labute approximate surface area is 189 Å². The maximum Gasteiger partial charge on any atom is 0.316 e. The van der Waals surface area contributed by atoms with Crippen molar-refractivity contribution in [2.75, 3.05) is 19.8 Å². The summed E-state index contributed by atoms with van der Waals surface area (Å²) < 4.78 is 15.4. The monoisotopic (exact) mass is 410 g/mol. The van der Waals surface area contributed by atoms with Gasteiger partial charge in [0.15, 0.2) is 6.29 Å². The van der Waals surface area contributed by atoms with Gasteiger partial charge in [0.25, 0.3) is 0 Å². The third kappa shape index (κ3) is 5.15. The van der Waals surface area contributed by atoms with Crippen LogP contribution in [0.25, 0.3) is 0 Å². The van der Waals surface area contributed by atoms with Gasteiger partial charge in [0.2, 0.25) is 5.79 Å². The summed E-state index contributed by atoms with van der Waals surface area (Å²) >= 11 is 0. The minimum Gasteiger partial charge on any atom is 0.316 e.